The number of benzene rings is 1. The average molecular weight is 237 g/mol. The van der Waals surface area contributed by atoms with Gasteiger partial charge in [-0.05, 0) is 23.8 Å². The highest BCUT2D eigenvalue weighted by Crippen LogP contribution is 2.33. The molecule has 88 valence electrons. The molecule has 0 radical (unpaired) electrons. The molecule has 3 heteroatoms. The molecule has 1 aromatic carbocycles. The lowest BCUT2D eigenvalue weighted by molar-refractivity contribution is 0.104. The van der Waals surface area contributed by atoms with Crippen LogP contribution in [0.2, 0.25) is 0 Å². The summed E-state index contributed by atoms with van der Waals surface area (Å²) in [6, 6.07) is 8.78. The van der Waals surface area contributed by atoms with Gasteiger partial charge < -0.3 is 5.11 Å². The molecule has 0 unspecified atom stereocenters. The molecule has 1 heterocycles. The number of carbonyl (C=O) groups is 1. The monoisotopic (exact) mass is 237 g/mol. The smallest absolute Gasteiger partial charge is 0.189 e. The van der Waals surface area contributed by atoms with Crippen molar-refractivity contribution in [3.63, 3.8) is 0 Å². The minimum absolute atomic E-state index is 0.00949. The van der Waals surface area contributed by atoms with Crippen LogP contribution < -0.4 is 0 Å². The van der Waals surface area contributed by atoms with Crippen LogP contribution in [-0.4, -0.2) is 15.9 Å². The van der Waals surface area contributed by atoms with Gasteiger partial charge in [-0.1, -0.05) is 18.2 Å². The third-order valence-corrected chi connectivity index (χ3v) is 3.08. The molecule has 1 aliphatic carbocycles. The lowest BCUT2D eigenvalue weighted by Gasteiger charge is -1.97. The number of carbonyl (C=O) groups excluding carboxylic acids is 1. The maximum Gasteiger partial charge on any atom is 0.189 e. The Morgan fingerprint density at radius 3 is 2.83 bits per heavy atom. The zero-order valence-electron chi connectivity index (χ0n) is 9.63. The standard InChI is InChI=1S/C15H11NO2/c17-14-5-1-4-12-13(14)8-11(15(12)18)7-10-3-2-6-16-9-10/h1-7,9,17H,8H2/b11-7-. The number of aromatic hydroxyl groups is 1. The van der Waals surface area contributed by atoms with Gasteiger partial charge in [-0.2, -0.15) is 0 Å². The summed E-state index contributed by atoms with van der Waals surface area (Å²) in [7, 11) is 0. The summed E-state index contributed by atoms with van der Waals surface area (Å²) in [5, 5.41) is 9.74. The van der Waals surface area contributed by atoms with Crippen LogP contribution in [0.5, 0.6) is 5.75 Å². The van der Waals surface area contributed by atoms with Crippen LogP contribution in [0.15, 0.2) is 48.3 Å². The van der Waals surface area contributed by atoms with Gasteiger partial charge in [0.25, 0.3) is 0 Å². The molecular weight excluding hydrogens is 226 g/mol. The number of allylic oxidation sites excluding steroid dienone is 1. The van der Waals surface area contributed by atoms with Crippen molar-refractivity contribution in [2.75, 3.05) is 0 Å². The van der Waals surface area contributed by atoms with Crippen LogP contribution in [-0.2, 0) is 6.42 Å². The van der Waals surface area contributed by atoms with Crippen molar-refractivity contribution in [3.8, 4) is 5.75 Å². The molecule has 2 aromatic rings. The second-order valence-electron chi connectivity index (χ2n) is 4.27. The van der Waals surface area contributed by atoms with E-state index >= 15 is 0 Å². The summed E-state index contributed by atoms with van der Waals surface area (Å²) < 4.78 is 0. The maximum atomic E-state index is 12.2. The third-order valence-electron chi connectivity index (χ3n) is 3.08. The summed E-state index contributed by atoms with van der Waals surface area (Å²) >= 11 is 0. The van der Waals surface area contributed by atoms with E-state index in [-0.39, 0.29) is 11.5 Å². The molecule has 0 saturated carbocycles. The highest BCUT2D eigenvalue weighted by atomic mass is 16.3. The Bertz CT molecular complexity index is 645. The fourth-order valence-corrected chi connectivity index (χ4v) is 2.20. The summed E-state index contributed by atoms with van der Waals surface area (Å²) in [6.45, 7) is 0. The Labute approximate surface area is 104 Å². The molecule has 1 N–H and O–H groups in total. The number of pyridine rings is 1. The molecule has 1 aliphatic rings. The third kappa shape index (κ3) is 1.70. The number of aromatic nitrogens is 1. The fraction of sp³-hybridized carbons (Fsp3) is 0.0667. The first-order valence-electron chi connectivity index (χ1n) is 5.72. The Morgan fingerprint density at radius 1 is 1.22 bits per heavy atom. The number of fused-ring (bicyclic) bond motifs is 1. The highest BCUT2D eigenvalue weighted by molar-refractivity contribution is 6.16. The summed E-state index contributed by atoms with van der Waals surface area (Å²) in [6.07, 6.45) is 5.71. The van der Waals surface area contributed by atoms with Gasteiger partial charge in [0.2, 0.25) is 0 Å². The molecular formula is C15H11NO2. The van der Waals surface area contributed by atoms with E-state index in [9.17, 15) is 9.90 Å². The predicted molar refractivity (Wildman–Crippen MR) is 68.4 cm³/mol. The first kappa shape index (κ1) is 10.7. The first-order chi connectivity index (χ1) is 8.75. The molecule has 18 heavy (non-hydrogen) atoms. The minimum atomic E-state index is -0.00949. The lowest BCUT2D eigenvalue weighted by Crippen LogP contribution is -1.94. The molecule has 3 rings (SSSR count). The van der Waals surface area contributed by atoms with Crippen LogP contribution in [0.25, 0.3) is 6.08 Å². The topological polar surface area (TPSA) is 50.2 Å². The summed E-state index contributed by atoms with van der Waals surface area (Å²) in [5.41, 5.74) is 2.91. The highest BCUT2D eigenvalue weighted by Gasteiger charge is 2.26. The van der Waals surface area contributed by atoms with Crippen molar-refractivity contribution in [1.29, 1.82) is 0 Å². The van der Waals surface area contributed by atoms with E-state index in [2.05, 4.69) is 4.98 Å². The first-order valence-corrected chi connectivity index (χ1v) is 5.72. The average Bonchev–Trinajstić information content (AvgIpc) is 2.70. The molecule has 0 saturated heterocycles. The van der Waals surface area contributed by atoms with Gasteiger partial charge in [-0.3, -0.25) is 9.78 Å². The molecule has 0 spiro atoms. The Kier molecular flexibility index (Phi) is 2.45. The van der Waals surface area contributed by atoms with E-state index in [4.69, 9.17) is 0 Å². The van der Waals surface area contributed by atoms with Crippen LogP contribution in [0.3, 0.4) is 0 Å². The van der Waals surface area contributed by atoms with Gasteiger partial charge in [0.15, 0.2) is 5.78 Å². The number of ketones is 1. The zero-order valence-corrected chi connectivity index (χ0v) is 9.63. The summed E-state index contributed by atoms with van der Waals surface area (Å²) in [4.78, 5) is 16.2. The van der Waals surface area contributed by atoms with E-state index in [0.717, 1.165) is 11.1 Å². The molecule has 0 fully saturated rings. The van der Waals surface area contributed by atoms with Gasteiger partial charge in [-0.15, -0.1) is 0 Å². The number of hydrogen-bond acceptors (Lipinski definition) is 3. The predicted octanol–water partition coefficient (Wildman–Crippen LogP) is 2.61. The van der Waals surface area contributed by atoms with E-state index < -0.39 is 0 Å². The Morgan fingerprint density at radius 2 is 2.11 bits per heavy atom. The lowest BCUT2D eigenvalue weighted by atomic mass is 10.1. The van der Waals surface area contributed by atoms with Crippen molar-refractivity contribution in [2.24, 2.45) is 0 Å². The van der Waals surface area contributed by atoms with Crippen molar-refractivity contribution < 1.29 is 9.90 Å². The van der Waals surface area contributed by atoms with Crippen molar-refractivity contribution in [1.82, 2.24) is 4.98 Å². The number of hydrogen-bond donors (Lipinski definition) is 1. The Hall–Kier alpha value is -2.42. The summed E-state index contributed by atoms with van der Waals surface area (Å²) in [5.74, 6) is 0.181. The number of phenolic OH excluding ortho intramolecular Hbond substituents is 1. The fourth-order valence-electron chi connectivity index (χ4n) is 2.20. The quantitative estimate of drug-likeness (QED) is 0.775. The van der Waals surface area contributed by atoms with Crippen LogP contribution >= 0.6 is 0 Å². The molecule has 0 atom stereocenters. The van der Waals surface area contributed by atoms with E-state index in [1.165, 1.54) is 0 Å². The minimum Gasteiger partial charge on any atom is -0.508 e. The number of nitrogens with zero attached hydrogens (tertiary/aromatic N) is 1. The van der Waals surface area contributed by atoms with Crippen LogP contribution in [0, 0.1) is 0 Å². The molecule has 0 aliphatic heterocycles. The second-order valence-corrected chi connectivity index (χ2v) is 4.27. The van der Waals surface area contributed by atoms with E-state index in [1.54, 1.807) is 30.6 Å². The van der Waals surface area contributed by atoms with Crippen LogP contribution in [0.1, 0.15) is 21.5 Å². The second kappa shape index (κ2) is 4.11. The zero-order chi connectivity index (χ0) is 12.5. The van der Waals surface area contributed by atoms with Crippen molar-refractivity contribution >= 4 is 11.9 Å². The van der Waals surface area contributed by atoms with Gasteiger partial charge in [-0.25, -0.2) is 0 Å². The van der Waals surface area contributed by atoms with Crippen molar-refractivity contribution in [3.05, 3.63) is 65.0 Å². The normalized spacial score (nSPS) is 16.0. The van der Waals surface area contributed by atoms with Gasteiger partial charge >= 0.3 is 0 Å². The molecule has 3 nitrogen and oxygen atoms in total. The van der Waals surface area contributed by atoms with Crippen LogP contribution in [0.4, 0.5) is 0 Å². The maximum absolute atomic E-state index is 12.2. The van der Waals surface area contributed by atoms with Crippen molar-refractivity contribution in [2.45, 2.75) is 6.42 Å². The molecule has 0 amide bonds. The molecule has 1 aromatic heterocycles. The largest absolute Gasteiger partial charge is 0.508 e. The number of Topliss-reactive ketones (excluding diaryl/α,β-unsaturated/α-hetero) is 1. The molecule has 0 bridgehead atoms. The van der Waals surface area contributed by atoms with Gasteiger partial charge in [0, 0.05) is 35.5 Å². The van der Waals surface area contributed by atoms with Gasteiger partial charge in [0.05, 0.1) is 0 Å². The van der Waals surface area contributed by atoms with E-state index in [1.807, 2.05) is 18.2 Å². The number of rotatable bonds is 1. The van der Waals surface area contributed by atoms with Gasteiger partial charge in [0.1, 0.15) is 5.75 Å². The number of phenols is 1. The SMILES string of the molecule is O=C1/C(=C\c2cccnc2)Cc2c(O)cccc21. The Balaban J connectivity index is 2.03. The van der Waals surface area contributed by atoms with E-state index in [0.29, 0.717) is 17.6 Å².